The number of methoxy groups -OCH3 is 1. The molecule has 0 radical (unpaired) electrons. The van der Waals surface area contributed by atoms with Crippen LogP contribution >= 0.6 is 0 Å². The molecule has 0 unspecified atom stereocenters. The summed E-state index contributed by atoms with van der Waals surface area (Å²) in [7, 11) is 1.32. The molecule has 1 fully saturated rings. The van der Waals surface area contributed by atoms with Crippen molar-refractivity contribution in [2.24, 2.45) is 23.2 Å². The van der Waals surface area contributed by atoms with Crippen molar-refractivity contribution in [2.45, 2.75) is 0 Å². The number of allylic oxidation sites excluding steroid dienone is 1. The van der Waals surface area contributed by atoms with Gasteiger partial charge in [-0.2, -0.15) is 0 Å². The molecule has 3 aliphatic rings. The van der Waals surface area contributed by atoms with Crippen LogP contribution in [0.3, 0.4) is 0 Å². The van der Waals surface area contributed by atoms with Crippen molar-refractivity contribution >= 4 is 17.5 Å². The van der Waals surface area contributed by atoms with E-state index in [4.69, 9.17) is 4.74 Å². The number of benzene rings is 1. The molecule has 0 spiro atoms. The summed E-state index contributed by atoms with van der Waals surface area (Å²) in [4.78, 5) is 37.2. The average molecular weight is 268 g/mol. The van der Waals surface area contributed by atoms with E-state index in [9.17, 15) is 14.4 Å². The highest BCUT2D eigenvalue weighted by molar-refractivity contribution is 6.20. The third kappa shape index (κ3) is 0.996. The Bertz CT molecular complexity index is 702. The van der Waals surface area contributed by atoms with Crippen LogP contribution in [0.4, 0.5) is 0 Å². The lowest BCUT2D eigenvalue weighted by atomic mass is 9.37. The maximum atomic E-state index is 12.6. The first-order chi connectivity index (χ1) is 9.63. The normalized spacial score (nSPS) is 36.1. The van der Waals surface area contributed by atoms with Crippen molar-refractivity contribution in [3.05, 3.63) is 47.5 Å². The number of esters is 1. The Morgan fingerprint density at radius 2 is 1.80 bits per heavy atom. The van der Waals surface area contributed by atoms with Gasteiger partial charge in [0.15, 0.2) is 11.6 Å². The molecule has 1 aromatic carbocycles. The minimum absolute atomic E-state index is 0.0286. The maximum Gasteiger partial charge on any atom is 0.317 e. The Balaban J connectivity index is 1.87. The largest absolute Gasteiger partial charge is 0.468 e. The maximum absolute atomic E-state index is 12.6. The minimum atomic E-state index is -0.903. The van der Waals surface area contributed by atoms with E-state index in [0.29, 0.717) is 11.1 Å². The summed E-state index contributed by atoms with van der Waals surface area (Å²) in [5.41, 5.74) is 0.0120. The van der Waals surface area contributed by atoms with Crippen molar-refractivity contribution in [1.82, 2.24) is 0 Å². The molecular weight excluding hydrogens is 256 g/mol. The fourth-order valence-electron chi connectivity index (χ4n) is 3.99. The molecule has 4 rings (SSSR count). The lowest BCUT2D eigenvalue weighted by molar-refractivity contribution is -0.170. The number of carbonyl (C=O) groups excluding carboxylic acids is 3. The first kappa shape index (κ1) is 11.6. The second kappa shape index (κ2) is 3.45. The molecule has 0 aromatic heterocycles. The van der Waals surface area contributed by atoms with Crippen LogP contribution in [0.2, 0.25) is 0 Å². The number of rotatable bonds is 1. The van der Waals surface area contributed by atoms with Gasteiger partial charge in [0.1, 0.15) is 5.41 Å². The van der Waals surface area contributed by atoms with Gasteiger partial charge in [0.25, 0.3) is 0 Å². The Morgan fingerprint density at radius 1 is 1.15 bits per heavy atom. The number of hydrogen-bond acceptors (Lipinski definition) is 4. The van der Waals surface area contributed by atoms with Crippen molar-refractivity contribution in [2.75, 3.05) is 7.11 Å². The van der Waals surface area contributed by atoms with E-state index < -0.39 is 23.2 Å². The van der Waals surface area contributed by atoms with E-state index in [0.717, 1.165) is 0 Å². The van der Waals surface area contributed by atoms with Gasteiger partial charge >= 0.3 is 5.97 Å². The number of ketones is 2. The second-order valence-electron chi connectivity index (χ2n) is 5.59. The van der Waals surface area contributed by atoms with Crippen LogP contribution in [0.1, 0.15) is 20.7 Å². The fraction of sp³-hybridized carbons (Fsp3) is 0.312. The van der Waals surface area contributed by atoms with Crippen molar-refractivity contribution in [3.8, 4) is 0 Å². The van der Waals surface area contributed by atoms with Gasteiger partial charge in [0.2, 0.25) is 0 Å². The number of ether oxygens (including phenoxy) is 1. The molecule has 20 heavy (non-hydrogen) atoms. The molecule has 100 valence electrons. The zero-order valence-corrected chi connectivity index (χ0v) is 10.8. The van der Waals surface area contributed by atoms with Gasteiger partial charge in [0.05, 0.1) is 13.0 Å². The van der Waals surface area contributed by atoms with E-state index in [1.54, 1.807) is 30.3 Å². The second-order valence-corrected chi connectivity index (χ2v) is 5.59. The van der Waals surface area contributed by atoms with Crippen molar-refractivity contribution in [1.29, 1.82) is 0 Å². The van der Waals surface area contributed by atoms with Crippen LogP contribution in [0.15, 0.2) is 36.4 Å². The minimum Gasteiger partial charge on any atom is -0.468 e. The molecule has 3 aliphatic carbocycles. The van der Waals surface area contributed by atoms with Gasteiger partial charge < -0.3 is 4.74 Å². The fourth-order valence-corrected chi connectivity index (χ4v) is 3.99. The van der Waals surface area contributed by atoms with E-state index >= 15 is 0 Å². The third-order valence-corrected chi connectivity index (χ3v) is 4.97. The lowest BCUT2D eigenvalue weighted by Crippen LogP contribution is -2.69. The molecule has 0 bridgehead atoms. The van der Waals surface area contributed by atoms with Gasteiger partial charge in [-0.15, -0.1) is 0 Å². The molecule has 0 aliphatic heterocycles. The SMILES string of the molecule is COC(=O)[C@]12C=C[C@H]1[C@H]1C(=O)c3ccccc3C(=O)[C@H]12. The summed E-state index contributed by atoms with van der Waals surface area (Å²) in [6.07, 6.45) is 3.57. The predicted octanol–water partition coefficient (Wildman–Crippen LogP) is 1.66. The Hall–Kier alpha value is -2.23. The smallest absolute Gasteiger partial charge is 0.317 e. The molecule has 1 saturated carbocycles. The highest BCUT2D eigenvalue weighted by atomic mass is 16.5. The first-order valence-corrected chi connectivity index (χ1v) is 6.58. The molecule has 0 saturated heterocycles. The molecule has 1 aromatic rings. The number of fused-ring (bicyclic) bond motifs is 5. The zero-order chi connectivity index (χ0) is 14.1. The molecule has 4 nitrogen and oxygen atoms in total. The molecule has 0 N–H and O–H groups in total. The average Bonchev–Trinajstić information content (AvgIpc) is 2.46. The van der Waals surface area contributed by atoms with Crippen molar-refractivity contribution < 1.29 is 19.1 Å². The Labute approximate surface area is 115 Å². The van der Waals surface area contributed by atoms with Crippen LogP contribution in [0.25, 0.3) is 0 Å². The van der Waals surface area contributed by atoms with Gasteiger partial charge in [-0.1, -0.05) is 36.4 Å². The van der Waals surface area contributed by atoms with E-state index in [1.807, 2.05) is 6.08 Å². The van der Waals surface area contributed by atoms with Crippen LogP contribution in [-0.4, -0.2) is 24.6 Å². The summed E-state index contributed by atoms with van der Waals surface area (Å²) >= 11 is 0. The summed E-state index contributed by atoms with van der Waals surface area (Å²) in [5, 5.41) is 0. The van der Waals surface area contributed by atoms with Crippen LogP contribution in [-0.2, 0) is 9.53 Å². The Morgan fingerprint density at radius 3 is 2.35 bits per heavy atom. The summed E-state index contributed by atoms with van der Waals surface area (Å²) < 4.78 is 4.85. The number of hydrogen-bond donors (Lipinski definition) is 0. The van der Waals surface area contributed by atoms with E-state index in [1.165, 1.54) is 7.11 Å². The standard InChI is InChI=1S/C16H12O4/c1-20-15(19)16-7-6-10(16)11-12(16)14(18)9-5-3-2-4-8(9)13(11)17/h2-7,10-12H,1H3/t10-,11+,12-,16+/m0/s1. The van der Waals surface area contributed by atoms with Crippen LogP contribution in [0.5, 0.6) is 0 Å². The summed E-state index contributed by atoms with van der Waals surface area (Å²) in [5.74, 6) is -1.74. The molecule has 0 amide bonds. The van der Waals surface area contributed by atoms with Gasteiger partial charge in [-0.25, -0.2) is 0 Å². The van der Waals surface area contributed by atoms with Gasteiger partial charge in [-0.3, -0.25) is 14.4 Å². The monoisotopic (exact) mass is 268 g/mol. The number of Topliss-reactive ketones (excluding diaryl/α,β-unsaturated/α-hetero) is 2. The third-order valence-electron chi connectivity index (χ3n) is 4.97. The highest BCUT2D eigenvalue weighted by Crippen LogP contribution is 2.66. The quantitative estimate of drug-likeness (QED) is 0.574. The number of carbonyl (C=O) groups is 3. The topological polar surface area (TPSA) is 60.4 Å². The van der Waals surface area contributed by atoms with E-state index in [-0.39, 0.29) is 17.5 Å². The predicted molar refractivity (Wildman–Crippen MR) is 69.2 cm³/mol. The molecule has 0 heterocycles. The van der Waals surface area contributed by atoms with E-state index in [2.05, 4.69) is 0 Å². The Kier molecular flexibility index (Phi) is 2.00. The van der Waals surface area contributed by atoms with Gasteiger partial charge in [-0.05, 0) is 0 Å². The van der Waals surface area contributed by atoms with Crippen LogP contribution < -0.4 is 0 Å². The van der Waals surface area contributed by atoms with Crippen LogP contribution in [0, 0.1) is 23.2 Å². The molecule has 4 heteroatoms. The lowest BCUT2D eigenvalue weighted by Gasteiger charge is -2.61. The highest BCUT2D eigenvalue weighted by Gasteiger charge is 2.74. The first-order valence-electron chi connectivity index (χ1n) is 6.58. The molecule has 4 atom stereocenters. The molecular formula is C16H12O4. The summed E-state index contributed by atoms with van der Waals surface area (Å²) in [6.45, 7) is 0. The zero-order valence-electron chi connectivity index (χ0n) is 10.8. The van der Waals surface area contributed by atoms with Crippen molar-refractivity contribution in [3.63, 3.8) is 0 Å². The van der Waals surface area contributed by atoms with Gasteiger partial charge in [0, 0.05) is 23.0 Å². The summed E-state index contributed by atoms with van der Waals surface area (Å²) in [6, 6.07) is 6.84.